The smallest absolute Gasteiger partial charge is 0.257 e. The predicted molar refractivity (Wildman–Crippen MR) is 47.7 cm³/mol. The van der Waals surface area contributed by atoms with E-state index in [0.717, 1.165) is 6.07 Å². The van der Waals surface area contributed by atoms with Gasteiger partial charge in [-0.3, -0.25) is 20.2 Å². The van der Waals surface area contributed by atoms with Gasteiger partial charge in [-0.1, -0.05) is 18.2 Å². The Kier molecular flexibility index (Phi) is 2.62. The molecule has 0 amide bonds. The highest BCUT2D eigenvalue weighted by Gasteiger charge is 2.59. The van der Waals surface area contributed by atoms with Crippen LogP contribution in [0.3, 0.4) is 0 Å². The van der Waals surface area contributed by atoms with E-state index in [2.05, 4.69) is 0 Å². The van der Waals surface area contributed by atoms with Crippen LogP contribution in [0.5, 0.6) is 0 Å². The number of hydrogen-bond donors (Lipinski definition) is 0. The third-order valence-corrected chi connectivity index (χ3v) is 1.86. The molecule has 7 nitrogen and oxygen atoms in total. The van der Waals surface area contributed by atoms with E-state index in [1.54, 1.807) is 6.07 Å². The molecule has 0 heterocycles. The van der Waals surface area contributed by atoms with Gasteiger partial charge in [-0.25, -0.2) is 0 Å². The molecule has 1 rings (SSSR count). The minimum absolute atomic E-state index is 0.262. The zero-order chi connectivity index (χ0) is 11.5. The second-order valence-corrected chi connectivity index (χ2v) is 2.66. The zero-order valence-corrected chi connectivity index (χ0v) is 7.36. The fourth-order valence-corrected chi connectivity index (χ4v) is 1.09. The van der Waals surface area contributed by atoms with E-state index in [0.29, 0.717) is 0 Å². The minimum Gasteiger partial charge on any atom is -0.257 e. The number of rotatable bonds is 3. The van der Waals surface area contributed by atoms with Crippen LogP contribution in [0.2, 0.25) is 0 Å². The highest BCUT2D eigenvalue weighted by molar-refractivity contribution is 5.24. The molecule has 1 aromatic rings. The molecule has 0 spiro atoms. The first-order valence-electron chi connectivity index (χ1n) is 3.81. The van der Waals surface area contributed by atoms with Gasteiger partial charge in [-0.2, -0.15) is 5.26 Å². The van der Waals surface area contributed by atoms with Crippen molar-refractivity contribution in [2.75, 3.05) is 0 Å². The van der Waals surface area contributed by atoms with E-state index in [-0.39, 0.29) is 5.56 Å². The summed E-state index contributed by atoms with van der Waals surface area (Å²) in [7, 11) is 0. The fraction of sp³-hybridized carbons (Fsp3) is 0.125. The standard InChI is InChI=1S/C8H5N3O4/c9-6-8(10(12)13,11(14)15)7-4-2-1-3-5-7/h1-5H. The predicted octanol–water partition coefficient (Wildman–Crippen LogP) is 0.916. The Morgan fingerprint density at radius 2 is 1.60 bits per heavy atom. The van der Waals surface area contributed by atoms with Crippen molar-refractivity contribution >= 4 is 0 Å². The maximum absolute atomic E-state index is 10.6. The topological polar surface area (TPSA) is 110 Å². The molecule has 1 aromatic carbocycles. The van der Waals surface area contributed by atoms with E-state index in [9.17, 15) is 20.2 Å². The molecule has 0 atom stereocenters. The molecule has 76 valence electrons. The number of hydrogen-bond acceptors (Lipinski definition) is 5. The molecule has 0 saturated heterocycles. The number of nitro groups is 2. The maximum atomic E-state index is 10.6. The third-order valence-electron chi connectivity index (χ3n) is 1.86. The number of nitriles is 1. The van der Waals surface area contributed by atoms with Gasteiger partial charge in [0.15, 0.2) is 0 Å². The molecule has 0 aliphatic rings. The zero-order valence-electron chi connectivity index (χ0n) is 7.36. The van der Waals surface area contributed by atoms with E-state index in [4.69, 9.17) is 5.26 Å². The molecule has 0 aliphatic heterocycles. The lowest BCUT2D eigenvalue weighted by Gasteiger charge is -2.08. The summed E-state index contributed by atoms with van der Waals surface area (Å²) in [5.41, 5.74) is -3.18. The molecule has 0 aromatic heterocycles. The van der Waals surface area contributed by atoms with Crippen molar-refractivity contribution < 1.29 is 9.85 Å². The third kappa shape index (κ3) is 1.48. The van der Waals surface area contributed by atoms with Crippen LogP contribution >= 0.6 is 0 Å². The molecule has 0 bridgehead atoms. The van der Waals surface area contributed by atoms with Crippen molar-refractivity contribution in [2.24, 2.45) is 0 Å². The van der Waals surface area contributed by atoms with Crippen molar-refractivity contribution in [3.05, 3.63) is 56.1 Å². The van der Waals surface area contributed by atoms with Gasteiger partial charge in [-0.15, -0.1) is 0 Å². The van der Waals surface area contributed by atoms with Crippen LogP contribution in [-0.2, 0) is 5.66 Å². The van der Waals surface area contributed by atoms with Crippen LogP contribution in [0.4, 0.5) is 0 Å². The van der Waals surface area contributed by atoms with Crippen LogP contribution in [-0.4, -0.2) is 9.85 Å². The van der Waals surface area contributed by atoms with Gasteiger partial charge < -0.3 is 0 Å². The summed E-state index contributed by atoms with van der Waals surface area (Å²) in [6, 6.07) is 7.83. The molecular formula is C8H5N3O4. The molecule has 7 heteroatoms. The average Bonchev–Trinajstić information content (AvgIpc) is 2.20. The van der Waals surface area contributed by atoms with Gasteiger partial charge in [0.2, 0.25) is 6.07 Å². The van der Waals surface area contributed by atoms with Gasteiger partial charge in [0.05, 0.1) is 0 Å². The normalized spacial score (nSPS) is 10.3. The highest BCUT2D eigenvalue weighted by Crippen LogP contribution is 2.24. The van der Waals surface area contributed by atoms with Crippen LogP contribution < -0.4 is 0 Å². The Morgan fingerprint density at radius 1 is 1.13 bits per heavy atom. The molecule has 0 N–H and O–H groups in total. The molecule has 0 radical (unpaired) electrons. The van der Waals surface area contributed by atoms with Crippen LogP contribution in [0.1, 0.15) is 5.56 Å². The van der Waals surface area contributed by atoms with Crippen molar-refractivity contribution in [1.82, 2.24) is 0 Å². The minimum atomic E-state index is -2.92. The van der Waals surface area contributed by atoms with Crippen molar-refractivity contribution in [2.45, 2.75) is 5.66 Å². The number of benzene rings is 1. The van der Waals surface area contributed by atoms with E-state index < -0.39 is 15.5 Å². The summed E-state index contributed by atoms with van der Waals surface area (Å²) in [4.78, 5) is 18.9. The summed E-state index contributed by atoms with van der Waals surface area (Å²) >= 11 is 0. The van der Waals surface area contributed by atoms with Gasteiger partial charge in [-0.05, 0) is 12.1 Å². The summed E-state index contributed by atoms with van der Waals surface area (Å²) in [5, 5.41) is 29.9. The van der Waals surface area contributed by atoms with Crippen LogP contribution in [0, 0.1) is 31.6 Å². The second kappa shape index (κ2) is 3.71. The van der Waals surface area contributed by atoms with E-state index in [1.165, 1.54) is 24.3 Å². The summed E-state index contributed by atoms with van der Waals surface area (Å²) in [5.74, 6) is 0. The molecule has 0 unspecified atom stereocenters. The van der Waals surface area contributed by atoms with E-state index >= 15 is 0 Å². The van der Waals surface area contributed by atoms with Gasteiger partial charge in [0.25, 0.3) is 0 Å². The van der Waals surface area contributed by atoms with Crippen LogP contribution in [0.15, 0.2) is 30.3 Å². The Balaban J connectivity index is 3.44. The molecule has 0 fully saturated rings. The van der Waals surface area contributed by atoms with Crippen molar-refractivity contribution in [3.8, 4) is 6.07 Å². The Labute approximate surface area is 83.9 Å². The Morgan fingerprint density at radius 3 is 1.93 bits per heavy atom. The highest BCUT2D eigenvalue weighted by atomic mass is 16.7. The number of nitrogens with zero attached hydrogens (tertiary/aromatic N) is 3. The average molecular weight is 207 g/mol. The fourth-order valence-electron chi connectivity index (χ4n) is 1.09. The van der Waals surface area contributed by atoms with Crippen LogP contribution in [0.25, 0.3) is 0 Å². The Bertz CT molecular complexity index is 423. The summed E-state index contributed by atoms with van der Waals surface area (Å²) in [6.07, 6.45) is 0. The molecule has 0 saturated carbocycles. The summed E-state index contributed by atoms with van der Waals surface area (Å²) < 4.78 is 0. The SMILES string of the molecule is N#CC(c1ccccc1)([N+](=O)[O-])[N+](=O)[O-]. The van der Waals surface area contributed by atoms with E-state index in [1.807, 2.05) is 0 Å². The van der Waals surface area contributed by atoms with Gasteiger partial charge in [0, 0.05) is 0 Å². The summed E-state index contributed by atoms with van der Waals surface area (Å²) in [6.45, 7) is 0. The quantitative estimate of drug-likeness (QED) is 0.415. The molecular weight excluding hydrogens is 202 g/mol. The lowest BCUT2D eigenvalue weighted by atomic mass is 10.0. The van der Waals surface area contributed by atoms with Crippen molar-refractivity contribution in [3.63, 3.8) is 0 Å². The van der Waals surface area contributed by atoms with Gasteiger partial charge >= 0.3 is 5.66 Å². The molecule has 15 heavy (non-hydrogen) atoms. The second-order valence-electron chi connectivity index (χ2n) is 2.66. The first-order valence-corrected chi connectivity index (χ1v) is 3.81. The maximum Gasteiger partial charge on any atom is 0.570 e. The van der Waals surface area contributed by atoms with Gasteiger partial charge in [0.1, 0.15) is 15.4 Å². The lowest BCUT2D eigenvalue weighted by molar-refractivity contribution is -0.790. The molecule has 0 aliphatic carbocycles. The largest absolute Gasteiger partial charge is 0.570 e. The first-order chi connectivity index (χ1) is 7.05. The first kappa shape index (κ1) is 10.6. The lowest BCUT2D eigenvalue weighted by Crippen LogP contribution is -2.41. The monoisotopic (exact) mass is 207 g/mol. The Hall–Kier alpha value is -2.49. The van der Waals surface area contributed by atoms with Crippen molar-refractivity contribution in [1.29, 1.82) is 5.26 Å².